The molecule has 6 nitrogen and oxygen atoms in total. The molecular weight excluding hydrogens is 333 g/mol. The molecule has 0 atom stereocenters. The van der Waals surface area contributed by atoms with Crippen LogP contribution in [0.25, 0.3) is 0 Å². The van der Waals surface area contributed by atoms with E-state index in [1.807, 2.05) is 30.3 Å². The molecule has 2 rings (SSSR count). The Balaban J connectivity index is 0.000000346. The van der Waals surface area contributed by atoms with Gasteiger partial charge in [-0.05, 0) is 24.3 Å². The monoisotopic (exact) mass is 345 g/mol. The van der Waals surface area contributed by atoms with Gasteiger partial charge in [0.25, 0.3) is 0 Å². The Morgan fingerprint density at radius 2 is 1.59 bits per heavy atom. The summed E-state index contributed by atoms with van der Waals surface area (Å²) in [5, 5.41) is 19.4. The molecule has 22 heavy (non-hydrogen) atoms. The minimum absolute atomic E-state index is 0.624. The largest absolute Gasteiger partial charge is 0.473 e. The average Bonchev–Trinajstić information content (AvgIpc) is 2.96. The molecule has 0 saturated carbocycles. The van der Waals surface area contributed by atoms with Crippen molar-refractivity contribution in [3.05, 3.63) is 58.0 Å². The molecule has 0 bridgehead atoms. The van der Waals surface area contributed by atoms with Gasteiger partial charge < -0.3 is 19.9 Å². The molecule has 1 aromatic carbocycles. The fraction of sp³-hybridized carbons (Fsp3) is 0.143. The lowest BCUT2D eigenvalue weighted by atomic mass is 10.2. The molecule has 3 N–H and O–H groups in total. The van der Waals surface area contributed by atoms with Crippen molar-refractivity contribution >= 4 is 35.1 Å². The number of hydrogen-bond acceptors (Lipinski definition) is 4. The molecule has 2 aromatic rings. The lowest BCUT2D eigenvalue weighted by molar-refractivity contribution is -0.159. The van der Waals surface area contributed by atoms with Gasteiger partial charge in [-0.25, -0.2) is 9.59 Å². The molecule has 0 saturated heterocycles. The predicted octanol–water partition coefficient (Wildman–Crippen LogP) is 3.03. The maximum absolute atomic E-state index is 9.10. The van der Waals surface area contributed by atoms with Crippen molar-refractivity contribution in [2.75, 3.05) is 0 Å². The van der Waals surface area contributed by atoms with Crippen LogP contribution in [0.3, 0.4) is 0 Å². The molecule has 0 aliphatic rings. The molecule has 0 radical (unpaired) electrons. The summed E-state index contributed by atoms with van der Waals surface area (Å²) in [7, 11) is 0. The second-order valence-electron chi connectivity index (χ2n) is 3.99. The smallest absolute Gasteiger partial charge is 0.414 e. The van der Waals surface area contributed by atoms with E-state index in [9.17, 15) is 0 Å². The van der Waals surface area contributed by atoms with Crippen LogP contribution >= 0.6 is 23.2 Å². The zero-order chi connectivity index (χ0) is 16.5. The summed E-state index contributed by atoms with van der Waals surface area (Å²) >= 11 is 12.1. The van der Waals surface area contributed by atoms with E-state index in [0.717, 1.165) is 11.3 Å². The maximum atomic E-state index is 9.10. The van der Waals surface area contributed by atoms with Crippen molar-refractivity contribution in [2.45, 2.75) is 13.1 Å². The van der Waals surface area contributed by atoms with Crippen LogP contribution in [0, 0.1) is 0 Å². The first-order valence-electron chi connectivity index (χ1n) is 6.04. The highest BCUT2D eigenvalue weighted by Gasteiger charge is 2.05. The number of carboxylic acid groups (broad SMARTS) is 2. The standard InChI is InChI=1S/C12H11Cl2NO.C2H2O4/c13-11-4-1-5-12(14)10(11)8-15-7-9-3-2-6-16-9;3-1(4)2(5)6/h1-6,15H,7-8H2;(H,3,4)(H,5,6). The first-order chi connectivity index (χ1) is 10.4. The van der Waals surface area contributed by atoms with Crippen molar-refractivity contribution in [2.24, 2.45) is 0 Å². The van der Waals surface area contributed by atoms with Crippen molar-refractivity contribution < 1.29 is 24.2 Å². The summed E-state index contributed by atoms with van der Waals surface area (Å²) in [4.78, 5) is 18.2. The van der Waals surface area contributed by atoms with Crippen molar-refractivity contribution in [3.63, 3.8) is 0 Å². The average molecular weight is 346 g/mol. The molecule has 0 fully saturated rings. The van der Waals surface area contributed by atoms with E-state index in [0.29, 0.717) is 23.1 Å². The lowest BCUT2D eigenvalue weighted by Gasteiger charge is -2.07. The van der Waals surface area contributed by atoms with Crippen LogP contribution in [0.5, 0.6) is 0 Å². The van der Waals surface area contributed by atoms with Crippen molar-refractivity contribution in [1.82, 2.24) is 5.32 Å². The Kier molecular flexibility index (Phi) is 7.45. The summed E-state index contributed by atoms with van der Waals surface area (Å²) in [5.41, 5.74) is 0.914. The van der Waals surface area contributed by atoms with Gasteiger partial charge in [0.2, 0.25) is 0 Å². The van der Waals surface area contributed by atoms with E-state index >= 15 is 0 Å². The van der Waals surface area contributed by atoms with Gasteiger partial charge in [0.15, 0.2) is 0 Å². The van der Waals surface area contributed by atoms with Gasteiger partial charge >= 0.3 is 11.9 Å². The van der Waals surface area contributed by atoms with Gasteiger partial charge in [0, 0.05) is 22.2 Å². The van der Waals surface area contributed by atoms with E-state index in [4.69, 9.17) is 47.4 Å². The predicted molar refractivity (Wildman–Crippen MR) is 81.0 cm³/mol. The highest BCUT2D eigenvalue weighted by Crippen LogP contribution is 2.23. The molecule has 0 aliphatic heterocycles. The molecule has 118 valence electrons. The Morgan fingerprint density at radius 1 is 1.00 bits per heavy atom. The number of nitrogens with one attached hydrogen (secondary N) is 1. The van der Waals surface area contributed by atoms with Crippen LogP contribution in [-0.2, 0) is 22.7 Å². The maximum Gasteiger partial charge on any atom is 0.414 e. The lowest BCUT2D eigenvalue weighted by Crippen LogP contribution is -2.12. The van der Waals surface area contributed by atoms with E-state index in [1.54, 1.807) is 6.26 Å². The fourth-order valence-corrected chi connectivity index (χ4v) is 1.96. The number of carbonyl (C=O) groups is 2. The molecule has 0 spiro atoms. The number of halogens is 2. The van der Waals surface area contributed by atoms with E-state index in [2.05, 4.69) is 5.32 Å². The summed E-state index contributed by atoms with van der Waals surface area (Å²) in [5.74, 6) is -2.76. The Labute approximate surface area is 136 Å². The molecule has 1 aromatic heterocycles. The zero-order valence-corrected chi connectivity index (χ0v) is 12.8. The number of aliphatic carboxylic acids is 2. The normalized spacial score (nSPS) is 9.73. The number of furan rings is 1. The second kappa shape index (κ2) is 9.09. The topological polar surface area (TPSA) is 99.8 Å². The van der Waals surface area contributed by atoms with Crippen molar-refractivity contribution in [1.29, 1.82) is 0 Å². The highest BCUT2D eigenvalue weighted by molar-refractivity contribution is 6.35. The number of benzene rings is 1. The van der Waals surface area contributed by atoms with Crippen molar-refractivity contribution in [3.8, 4) is 0 Å². The third-order valence-corrected chi connectivity index (χ3v) is 3.13. The van der Waals surface area contributed by atoms with Gasteiger partial charge in [0.05, 0.1) is 12.8 Å². The van der Waals surface area contributed by atoms with Gasteiger partial charge in [-0.2, -0.15) is 0 Å². The van der Waals surface area contributed by atoms with Crippen LogP contribution in [0.4, 0.5) is 0 Å². The van der Waals surface area contributed by atoms with E-state index in [1.165, 1.54) is 0 Å². The Bertz CT molecular complexity index is 596. The number of rotatable bonds is 4. The highest BCUT2D eigenvalue weighted by atomic mass is 35.5. The van der Waals surface area contributed by atoms with E-state index < -0.39 is 11.9 Å². The zero-order valence-electron chi connectivity index (χ0n) is 11.3. The Hall–Kier alpha value is -2.02. The first kappa shape index (κ1) is 18.0. The molecule has 8 heteroatoms. The summed E-state index contributed by atoms with van der Waals surface area (Å²) < 4.78 is 5.20. The SMILES string of the molecule is Clc1cccc(Cl)c1CNCc1ccco1.O=C(O)C(=O)O. The van der Waals surface area contributed by atoms with E-state index in [-0.39, 0.29) is 0 Å². The Morgan fingerprint density at radius 3 is 2.05 bits per heavy atom. The van der Waals surface area contributed by atoms with Crippen LogP contribution < -0.4 is 5.32 Å². The molecule has 1 heterocycles. The van der Waals surface area contributed by atoms with Gasteiger partial charge in [-0.3, -0.25) is 0 Å². The summed E-state index contributed by atoms with van der Waals surface area (Å²) in [6, 6.07) is 9.27. The molecule has 0 amide bonds. The van der Waals surface area contributed by atoms with Crippen LogP contribution in [0.1, 0.15) is 11.3 Å². The summed E-state index contributed by atoms with van der Waals surface area (Å²) in [6.45, 7) is 1.29. The fourth-order valence-electron chi connectivity index (χ4n) is 1.43. The first-order valence-corrected chi connectivity index (χ1v) is 6.79. The second-order valence-corrected chi connectivity index (χ2v) is 4.81. The minimum atomic E-state index is -1.82. The van der Waals surface area contributed by atoms with Gasteiger partial charge in [-0.1, -0.05) is 29.3 Å². The quantitative estimate of drug-likeness (QED) is 0.736. The number of carboxylic acids is 2. The van der Waals surface area contributed by atoms with Crippen LogP contribution in [-0.4, -0.2) is 22.2 Å². The van der Waals surface area contributed by atoms with Gasteiger partial charge in [0.1, 0.15) is 5.76 Å². The molecule has 0 unspecified atom stereocenters. The molecular formula is C14H13Cl2NO5. The van der Waals surface area contributed by atoms with Gasteiger partial charge in [-0.15, -0.1) is 0 Å². The molecule has 0 aliphatic carbocycles. The van der Waals surface area contributed by atoms with Crippen LogP contribution in [0.15, 0.2) is 41.0 Å². The van der Waals surface area contributed by atoms with Crippen LogP contribution in [0.2, 0.25) is 10.0 Å². The summed E-state index contributed by atoms with van der Waals surface area (Å²) in [6.07, 6.45) is 1.65. The minimum Gasteiger partial charge on any atom is -0.473 e. The number of hydrogen-bond donors (Lipinski definition) is 3. The third-order valence-electron chi connectivity index (χ3n) is 2.43. The third kappa shape index (κ3) is 6.17.